The second-order valence-corrected chi connectivity index (χ2v) is 22.0. The summed E-state index contributed by atoms with van der Waals surface area (Å²) < 4.78 is 106. The van der Waals surface area contributed by atoms with Crippen LogP contribution in [0.4, 0.5) is 8.78 Å². The van der Waals surface area contributed by atoms with E-state index in [2.05, 4.69) is 5.10 Å². The lowest BCUT2D eigenvalue weighted by atomic mass is 9.83. The molecule has 0 aliphatic carbocycles. The minimum atomic E-state index is -4.67. The molecule has 4 aromatic carbocycles. The number of fused-ring (bicyclic) bond motifs is 6. The van der Waals surface area contributed by atoms with Gasteiger partial charge in [-0.15, -0.1) is 0 Å². The summed E-state index contributed by atoms with van der Waals surface area (Å²) in [5.41, 5.74) is 2.75. The van der Waals surface area contributed by atoms with Crippen molar-refractivity contribution in [3.8, 4) is 17.2 Å². The Kier molecular flexibility index (Phi) is 9.58. The molecule has 0 N–H and O–H groups in total. The fourth-order valence-corrected chi connectivity index (χ4v) is 14.5. The zero-order valence-corrected chi connectivity index (χ0v) is 38.4. The van der Waals surface area contributed by atoms with Crippen molar-refractivity contribution < 1.29 is 30.4 Å². The van der Waals surface area contributed by atoms with Gasteiger partial charge in [-0.1, -0.05) is 24.3 Å². The average Bonchev–Trinajstić information content (AvgIpc) is 4.12. The topological polar surface area (TPSA) is 148 Å². The number of halogens is 2. The van der Waals surface area contributed by atoms with Crippen LogP contribution in [0.15, 0.2) is 112 Å². The van der Waals surface area contributed by atoms with Gasteiger partial charge in [0.1, 0.15) is 11.6 Å². The van der Waals surface area contributed by atoms with E-state index >= 15 is 17.2 Å². The summed E-state index contributed by atoms with van der Waals surface area (Å²) in [6.45, 7) is 7.89. The van der Waals surface area contributed by atoms with Gasteiger partial charge in [0.2, 0.25) is 0 Å². The van der Waals surface area contributed by atoms with E-state index in [1.54, 1.807) is 63.4 Å². The maximum Gasteiger partial charge on any atom is 0.338 e. The Morgan fingerprint density at radius 1 is 0.818 bits per heavy atom. The van der Waals surface area contributed by atoms with Crippen molar-refractivity contribution in [1.82, 2.24) is 37.0 Å². The molecule has 0 radical (unpaired) electrons. The fourth-order valence-electron chi connectivity index (χ4n) is 10.6. The molecule has 0 saturated carbocycles. The van der Waals surface area contributed by atoms with Crippen LogP contribution in [0.5, 0.6) is 0 Å². The molecular formula is C48H46F2N8O6S2. The largest absolute Gasteiger partial charge is 0.376 e. The monoisotopic (exact) mass is 932 g/mol. The normalized spacial score (nSPS) is 19.8. The SMILES string of the molecule is Cc1cc(-n2nc3c(c2-n2ccn(-c4ccc5c(cnn5C)c4F)c2=O)[C@@H]2CC[C@H](C3)N2S(=O)(=O)c2cc3cc(C4CCOC(C)(C)C4)ccc3n2S(=O)(=O)c2ccccc2)cc(C)c1F. The quantitative estimate of drug-likeness (QED) is 0.149. The van der Waals surface area contributed by atoms with Gasteiger partial charge in [0.05, 0.1) is 56.2 Å². The molecule has 2 fully saturated rings. The van der Waals surface area contributed by atoms with Crippen molar-refractivity contribution in [2.45, 2.75) is 93.3 Å². The van der Waals surface area contributed by atoms with Gasteiger partial charge in [0, 0.05) is 49.5 Å². The number of aryl methyl sites for hydroxylation is 3. The molecular weight excluding hydrogens is 887 g/mol. The van der Waals surface area contributed by atoms with Gasteiger partial charge in [0.15, 0.2) is 10.8 Å². The van der Waals surface area contributed by atoms with E-state index in [1.807, 2.05) is 26.0 Å². The third-order valence-corrected chi connectivity index (χ3v) is 17.5. The second kappa shape index (κ2) is 14.9. The molecule has 18 heteroatoms. The first-order chi connectivity index (χ1) is 31.4. The van der Waals surface area contributed by atoms with E-state index in [4.69, 9.17) is 9.84 Å². The van der Waals surface area contributed by atoms with Crippen LogP contribution in [0.1, 0.15) is 79.4 Å². The summed E-state index contributed by atoms with van der Waals surface area (Å²) >= 11 is 0. The minimum absolute atomic E-state index is 0.0195. The highest BCUT2D eigenvalue weighted by molar-refractivity contribution is 7.92. The molecule has 14 nitrogen and oxygen atoms in total. The number of rotatable bonds is 8. The number of aromatic nitrogens is 7. The lowest BCUT2D eigenvalue weighted by Crippen LogP contribution is -2.43. The molecule has 1 unspecified atom stereocenters. The molecule has 2 bridgehead atoms. The van der Waals surface area contributed by atoms with E-state index in [0.717, 1.165) is 22.4 Å². The van der Waals surface area contributed by atoms with Crippen LogP contribution in [0.25, 0.3) is 39.0 Å². The molecule has 340 valence electrons. The Morgan fingerprint density at radius 2 is 1.55 bits per heavy atom. The Balaban J connectivity index is 1.09. The maximum atomic E-state index is 16.2. The number of benzene rings is 4. The molecule has 11 rings (SSSR count). The predicted molar refractivity (Wildman–Crippen MR) is 244 cm³/mol. The lowest BCUT2D eigenvalue weighted by molar-refractivity contribution is -0.0592. The lowest BCUT2D eigenvalue weighted by Gasteiger charge is -2.35. The van der Waals surface area contributed by atoms with Crippen LogP contribution in [-0.2, 0) is 38.3 Å². The fraction of sp³-hybridized carbons (Fsp3) is 0.312. The second-order valence-electron chi connectivity index (χ2n) is 18.4. The van der Waals surface area contributed by atoms with Gasteiger partial charge in [0.25, 0.3) is 20.0 Å². The van der Waals surface area contributed by atoms with Crippen LogP contribution >= 0.6 is 0 Å². The van der Waals surface area contributed by atoms with E-state index in [9.17, 15) is 13.2 Å². The van der Waals surface area contributed by atoms with E-state index in [0.29, 0.717) is 58.4 Å². The van der Waals surface area contributed by atoms with Gasteiger partial charge in [-0.3, -0.25) is 13.8 Å². The first-order valence-corrected chi connectivity index (χ1v) is 24.8. The molecule has 3 aliphatic rings. The van der Waals surface area contributed by atoms with Crippen molar-refractivity contribution in [3.63, 3.8) is 0 Å². The van der Waals surface area contributed by atoms with Crippen LogP contribution < -0.4 is 5.69 Å². The number of imidazole rings is 1. The van der Waals surface area contributed by atoms with Crippen LogP contribution in [0.3, 0.4) is 0 Å². The summed E-state index contributed by atoms with van der Waals surface area (Å²) in [5, 5.41) is 9.47. The van der Waals surface area contributed by atoms with E-state index < -0.39 is 54.5 Å². The molecule has 7 heterocycles. The first kappa shape index (κ1) is 42.4. The minimum Gasteiger partial charge on any atom is -0.376 e. The third kappa shape index (κ3) is 6.39. The zero-order chi connectivity index (χ0) is 46.2. The third-order valence-electron chi connectivity index (χ3n) is 13.7. The first-order valence-electron chi connectivity index (χ1n) is 21.9. The summed E-state index contributed by atoms with van der Waals surface area (Å²) in [6, 6.07) is 19.5. The Bertz CT molecular complexity index is 3590. The molecule has 4 aromatic heterocycles. The number of hydrogen-bond acceptors (Lipinski definition) is 8. The predicted octanol–water partition coefficient (Wildman–Crippen LogP) is 7.91. The standard InChI is InChI=1S/C48H46F2N8O6S2/c1-28-21-34(22-29(2)44(28)49)56-46(55-19-18-54(47(55)59)41-16-15-39-36(45(41)50)27-51-53(39)5)43-37(52-56)25-33-12-14-40(43)57(33)66(62,63)42-24-32-23-30(31-17-20-64-48(3,4)26-31)11-13-38(32)58(42)65(60,61)35-9-7-6-8-10-35/h6-11,13,15-16,18-19,21-24,27,31,33,40H,12,14,17,20,25-26H2,1-5H3/t31?,33-,40+/m1/s1. The van der Waals surface area contributed by atoms with Crippen LogP contribution in [-0.4, -0.2) is 72.1 Å². The summed E-state index contributed by atoms with van der Waals surface area (Å²) in [5.74, 6) is -0.738. The molecule has 8 aromatic rings. The molecule has 2 saturated heterocycles. The summed E-state index contributed by atoms with van der Waals surface area (Å²) in [7, 11) is -7.46. The highest BCUT2D eigenvalue weighted by atomic mass is 32.2. The van der Waals surface area contributed by atoms with Crippen molar-refractivity contribution in [2.75, 3.05) is 6.61 Å². The number of sulfonamides is 1. The van der Waals surface area contributed by atoms with Gasteiger partial charge in [-0.25, -0.2) is 39.1 Å². The number of ether oxygens (including phenoxy) is 1. The molecule has 0 amide bonds. The summed E-state index contributed by atoms with van der Waals surface area (Å²) in [6.07, 6.45) is 6.70. The van der Waals surface area contributed by atoms with E-state index in [1.165, 1.54) is 65.7 Å². The maximum absolute atomic E-state index is 16.2. The molecule has 3 aliphatic heterocycles. The number of hydrogen-bond donors (Lipinski definition) is 0. The van der Waals surface area contributed by atoms with Crippen LogP contribution in [0, 0.1) is 25.5 Å². The van der Waals surface area contributed by atoms with E-state index in [-0.39, 0.29) is 45.2 Å². The van der Waals surface area contributed by atoms with Crippen molar-refractivity contribution in [3.05, 3.63) is 148 Å². The van der Waals surface area contributed by atoms with Crippen molar-refractivity contribution in [2.24, 2.45) is 7.05 Å². The van der Waals surface area contributed by atoms with Gasteiger partial charge in [-0.05, 0) is 131 Å². The molecule has 0 spiro atoms. The Morgan fingerprint density at radius 3 is 2.29 bits per heavy atom. The van der Waals surface area contributed by atoms with Crippen molar-refractivity contribution >= 4 is 41.9 Å². The van der Waals surface area contributed by atoms with Gasteiger partial charge >= 0.3 is 5.69 Å². The Hall–Kier alpha value is -6.21. The van der Waals surface area contributed by atoms with Crippen LogP contribution in [0.2, 0.25) is 0 Å². The average molecular weight is 933 g/mol. The smallest absolute Gasteiger partial charge is 0.338 e. The highest BCUT2D eigenvalue weighted by Crippen LogP contribution is 2.50. The molecule has 66 heavy (non-hydrogen) atoms. The highest BCUT2D eigenvalue weighted by Gasteiger charge is 2.51. The van der Waals surface area contributed by atoms with Gasteiger partial charge < -0.3 is 4.74 Å². The summed E-state index contributed by atoms with van der Waals surface area (Å²) in [4.78, 5) is 14.6. The number of nitrogens with zero attached hydrogens (tertiary/aromatic N) is 8. The Labute approximate surface area is 379 Å². The van der Waals surface area contributed by atoms with Gasteiger partial charge in [-0.2, -0.15) is 14.5 Å². The molecule has 3 atom stereocenters. The zero-order valence-electron chi connectivity index (χ0n) is 36.8. The van der Waals surface area contributed by atoms with Crippen molar-refractivity contribution in [1.29, 1.82) is 0 Å².